The Bertz CT molecular complexity index is 903. The van der Waals surface area contributed by atoms with Gasteiger partial charge in [0, 0.05) is 37.0 Å². The van der Waals surface area contributed by atoms with Crippen LogP contribution in [0.4, 0.5) is 11.4 Å². The van der Waals surface area contributed by atoms with Gasteiger partial charge in [0.05, 0.1) is 10.6 Å². The number of sulfonamides is 1. The van der Waals surface area contributed by atoms with Crippen LogP contribution in [0.15, 0.2) is 89.2 Å². The lowest BCUT2D eigenvalue weighted by Crippen LogP contribution is -2.30. The number of rotatable bonds is 5. The van der Waals surface area contributed by atoms with E-state index in [9.17, 15) is 8.42 Å². The van der Waals surface area contributed by atoms with E-state index in [1.807, 2.05) is 48.5 Å². The van der Waals surface area contributed by atoms with Gasteiger partial charge in [-0.15, -0.1) is 0 Å². The van der Waals surface area contributed by atoms with Crippen molar-refractivity contribution < 1.29 is 8.42 Å². The molecule has 128 valence electrons. The number of hydrogen-bond donors (Lipinski definition) is 0. The van der Waals surface area contributed by atoms with E-state index in [2.05, 4.69) is 4.99 Å². The van der Waals surface area contributed by atoms with Gasteiger partial charge >= 0.3 is 0 Å². The molecule has 0 amide bonds. The topological polar surface area (TPSA) is 53.0 Å². The van der Waals surface area contributed by atoms with Crippen molar-refractivity contribution in [2.45, 2.75) is 11.8 Å². The fourth-order valence-electron chi connectivity index (χ4n) is 2.58. The second kappa shape index (κ2) is 7.36. The molecule has 6 heteroatoms. The molecule has 0 fully saturated rings. The van der Waals surface area contributed by atoms with E-state index in [0.29, 0.717) is 12.2 Å². The Balaban J connectivity index is 1.98. The van der Waals surface area contributed by atoms with Crippen molar-refractivity contribution in [2.75, 3.05) is 15.7 Å². The van der Waals surface area contributed by atoms with Crippen LogP contribution in [0.1, 0.15) is 6.92 Å². The monoisotopic (exact) mass is 353 g/mol. The van der Waals surface area contributed by atoms with Gasteiger partial charge in [0.25, 0.3) is 10.0 Å². The maximum absolute atomic E-state index is 13.0. The molecule has 5 nitrogen and oxygen atoms in total. The number of aliphatic imine (C=N–C) groups is 1. The highest BCUT2D eigenvalue weighted by Gasteiger charge is 2.23. The van der Waals surface area contributed by atoms with E-state index in [4.69, 9.17) is 0 Å². The van der Waals surface area contributed by atoms with Crippen LogP contribution in [0.5, 0.6) is 0 Å². The van der Waals surface area contributed by atoms with E-state index >= 15 is 0 Å². The molecule has 1 aliphatic rings. The summed E-state index contributed by atoms with van der Waals surface area (Å²) in [6.07, 6.45) is 8.89. The second-order valence-corrected chi connectivity index (χ2v) is 7.21. The first-order chi connectivity index (χ1) is 12.1. The molecule has 0 aromatic heterocycles. The predicted octanol–water partition coefficient (Wildman–Crippen LogP) is 3.78. The maximum Gasteiger partial charge on any atom is 0.264 e. The van der Waals surface area contributed by atoms with Crippen LogP contribution in [-0.4, -0.2) is 21.2 Å². The number of allylic oxidation sites excluding steroid dienone is 1. The number of hydrogen-bond acceptors (Lipinski definition) is 4. The standard InChI is InChI=1S/C19H19N3O2S/c1-2-22(25(23,24)19-10-4-3-5-11-19)18-9-6-8-17(16-18)21-14-7-12-20-13-15-21/h3-16H,2H2,1H3. The summed E-state index contributed by atoms with van der Waals surface area (Å²) in [5, 5.41) is 0. The van der Waals surface area contributed by atoms with Crippen molar-refractivity contribution in [2.24, 2.45) is 4.99 Å². The minimum absolute atomic E-state index is 0.283. The highest BCUT2D eigenvalue weighted by molar-refractivity contribution is 7.92. The molecule has 1 aliphatic heterocycles. The van der Waals surface area contributed by atoms with Gasteiger partial charge in [0.1, 0.15) is 0 Å². The minimum Gasteiger partial charge on any atom is -0.322 e. The fourth-order valence-corrected chi connectivity index (χ4v) is 4.07. The summed E-state index contributed by atoms with van der Waals surface area (Å²) < 4.78 is 27.4. The minimum atomic E-state index is -3.60. The predicted molar refractivity (Wildman–Crippen MR) is 102 cm³/mol. The molecule has 2 aromatic rings. The van der Waals surface area contributed by atoms with Crippen molar-refractivity contribution >= 4 is 27.6 Å². The molecular weight excluding hydrogens is 334 g/mol. The van der Waals surface area contributed by atoms with Crippen LogP contribution < -0.4 is 9.21 Å². The average Bonchev–Trinajstić information content (AvgIpc) is 2.93. The summed E-state index contributed by atoms with van der Waals surface area (Å²) in [7, 11) is -3.60. The SMILES string of the molecule is CCN(c1cccc(N2C=CC=NC=C2)c1)S(=O)(=O)c1ccccc1. The Morgan fingerprint density at radius 3 is 2.60 bits per heavy atom. The van der Waals surface area contributed by atoms with Crippen molar-refractivity contribution in [3.8, 4) is 0 Å². The molecule has 0 saturated heterocycles. The molecule has 0 saturated carbocycles. The molecule has 0 atom stereocenters. The Labute approximate surface area is 148 Å². The van der Waals surface area contributed by atoms with Crippen molar-refractivity contribution in [3.05, 3.63) is 79.3 Å². The quantitative estimate of drug-likeness (QED) is 0.822. The van der Waals surface area contributed by atoms with Crippen LogP contribution >= 0.6 is 0 Å². The zero-order chi connectivity index (χ0) is 17.7. The lowest BCUT2D eigenvalue weighted by Gasteiger charge is -2.24. The summed E-state index contributed by atoms with van der Waals surface area (Å²) in [6, 6.07) is 15.9. The van der Waals surface area contributed by atoms with E-state index in [-0.39, 0.29) is 4.90 Å². The van der Waals surface area contributed by atoms with Crippen LogP contribution in [0.25, 0.3) is 0 Å². The van der Waals surface area contributed by atoms with Gasteiger partial charge in [-0.2, -0.15) is 0 Å². The molecule has 0 unspecified atom stereocenters. The highest BCUT2D eigenvalue weighted by Crippen LogP contribution is 2.28. The lowest BCUT2D eigenvalue weighted by molar-refractivity contribution is 0.592. The molecule has 0 bridgehead atoms. The summed E-state index contributed by atoms with van der Waals surface area (Å²) >= 11 is 0. The molecule has 0 radical (unpaired) electrons. The Hall–Kier alpha value is -2.86. The summed E-state index contributed by atoms with van der Waals surface area (Å²) in [5.41, 5.74) is 1.48. The fraction of sp³-hybridized carbons (Fsp3) is 0.105. The van der Waals surface area contributed by atoms with Crippen LogP contribution in [0.3, 0.4) is 0 Å². The summed E-state index contributed by atoms with van der Waals surface area (Å²) in [6.45, 7) is 2.17. The third-order valence-electron chi connectivity index (χ3n) is 3.77. The Morgan fingerprint density at radius 1 is 1.04 bits per heavy atom. The van der Waals surface area contributed by atoms with Gasteiger partial charge in [0.2, 0.25) is 0 Å². The molecule has 25 heavy (non-hydrogen) atoms. The van der Waals surface area contributed by atoms with Gasteiger partial charge in [-0.1, -0.05) is 24.3 Å². The largest absolute Gasteiger partial charge is 0.322 e. The van der Waals surface area contributed by atoms with Crippen molar-refractivity contribution in [3.63, 3.8) is 0 Å². The number of nitrogens with zero attached hydrogens (tertiary/aromatic N) is 3. The first-order valence-electron chi connectivity index (χ1n) is 7.96. The van der Waals surface area contributed by atoms with Gasteiger partial charge in [0.15, 0.2) is 0 Å². The third-order valence-corrected chi connectivity index (χ3v) is 5.68. The van der Waals surface area contributed by atoms with Crippen molar-refractivity contribution in [1.29, 1.82) is 0 Å². The average molecular weight is 353 g/mol. The molecule has 0 aliphatic carbocycles. The van der Waals surface area contributed by atoms with Crippen LogP contribution in [-0.2, 0) is 10.0 Å². The molecule has 0 N–H and O–H groups in total. The smallest absolute Gasteiger partial charge is 0.264 e. The molecule has 0 spiro atoms. The number of anilines is 2. The molecular formula is C19H19N3O2S. The lowest BCUT2D eigenvalue weighted by atomic mass is 10.2. The zero-order valence-corrected chi connectivity index (χ0v) is 14.7. The van der Waals surface area contributed by atoms with Crippen molar-refractivity contribution in [1.82, 2.24) is 0 Å². The zero-order valence-electron chi connectivity index (χ0n) is 13.9. The number of benzene rings is 2. The molecule has 3 rings (SSSR count). The van der Waals surface area contributed by atoms with Crippen LogP contribution in [0, 0.1) is 0 Å². The van der Waals surface area contributed by atoms with E-state index < -0.39 is 10.0 Å². The summed E-state index contributed by atoms with van der Waals surface area (Å²) in [4.78, 5) is 6.23. The first-order valence-corrected chi connectivity index (χ1v) is 9.40. The third kappa shape index (κ3) is 3.64. The maximum atomic E-state index is 13.0. The highest BCUT2D eigenvalue weighted by atomic mass is 32.2. The van der Waals surface area contributed by atoms with E-state index in [0.717, 1.165) is 5.69 Å². The van der Waals surface area contributed by atoms with Gasteiger partial charge < -0.3 is 4.90 Å². The normalized spacial score (nSPS) is 13.7. The van der Waals surface area contributed by atoms with E-state index in [1.54, 1.807) is 48.8 Å². The second-order valence-electron chi connectivity index (χ2n) is 5.35. The van der Waals surface area contributed by atoms with Crippen LogP contribution in [0.2, 0.25) is 0 Å². The summed E-state index contributed by atoms with van der Waals surface area (Å²) in [5.74, 6) is 0. The first kappa shape index (κ1) is 17.0. The van der Waals surface area contributed by atoms with E-state index in [1.165, 1.54) is 4.31 Å². The molecule has 1 heterocycles. The van der Waals surface area contributed by atoms with Gasteiger partial charge in [-0.3, -0.25) is 9.30 Å². The van der Waals surface area contributed by atoms with Gasteiger partial charge in [-0.25, -0.2) is 8.42 Å². The van der Waals surface area contributed by atoms with Gasteiger partial charge in [-0.05, 0) is 43.3 Å². The molecule has 2 aromatic carbocycles. The Kier molecular flexibility index (Phi) is 5.00. The Morgan fingerprint density at radius 2 is 1.84 bits per heavy atom.